The van der Waals surface area contributed by atoms with Crippen molar-refractivity contribution >= 4 is 38.7 Å². The lowest BCUT2D eigenvalue weighted by atomic mass is 10.3. The van der Waals surface area contributed by atoms with Crippen LogP contribution in [-0.4, -0.2) is 25.1 Å². The molecule has 0 aliphatic heterocycles. The van der Waals surface area contributed by atoms with Gasteiger partial charge in [0.25, 0.3) is 0 Å². The number of hydrogen-bond acceptors (Lipinski definition) is 5. The molecule has 0 radical (unpaired) electrons. The molecule has 1 amide bonds. The van der Waals surface area contributed by atoms with Crippen LogP contribution in [0.15, 0.2) is 47.6 Å². The largest absolute Gasteiger partial charge is 0.396 e. The number of pyridine rings is 1. The average Bonchev–Trinajstić information content (AvgIpc) is 2.41. The summed E-state index contributed by atoms with van der Waals surface area (Å²) in [6, 6.07) is 7.60. The number of benzene rings is 1. The van der Waals surface area contributed by atoms with Crippen LogP contribution in [0.3, 0.4) is 0 Å². The minimum absolute atomic E-state index is 0.0109. The van der Waals surface area contributed by atoms with Crippen LogP contribution < -0.4 is 11.1 Å². The number of nitrogens with one attached hydrogen (secondary N) is 1. The van der Waals surface area contributed by atoms with Crippen molar-refractivity contribution < 1.29 is 13.2 Å². The molecule has 1 aromatic heterocycles. The van der Waals surface area contributed by atoms with E-state index in [9.17, 15) is 13.2 Å². The van der Waals surface area contributed by atoms with Crippen LogP contribution >= 0.6 is 11.6 Å². The quantitative estimate of drug-likeness (QED) is 0.891. The molecule has 1 heterocycles. The maximum Gasteiger partial charge on any atom is 0.239 e. The first-order valence-corrected chi connectivity index (χ1v) is 7.89. The Kier molecular flexibility index (Phi) is 4.44. The van der Waals surface area contributed by atoms with E-state index in [1.807, 2.05) is 0 Å². The topological polar surface area (TPSA) is 102 Å². The number of amides is 1. The molecule has 0 saturated carbocycles. The lowest BCUT2D eigenvalue weighted by molar-refractivity contribution is -0.113. The number of hydrogen-bond donors (Lipinski definition) is 2. The zero-order valence-corrected chi connectivity index (χ0v) is 12.4. The molecule has 2 aromatic rings. The maximum absolute atomic E-state index is 12.1. The molecule has 0 atom stereocenters. The fraction of sp³-hybridized carbons (Fsp3) is 0.0769. The van der Waals surface area contributed by atoms with Gasteiger partial charge in [0.1, 0.15) is 5.75 Å². The van der Waals surface area contributed by atoms with E-state index < -0.39 is 21.5 Å². The molecule has 0 fully saturated rings. The molecule has 1 aromatic carbocycles. The molecule has 8 heteroatoms. The summed E-state index contributed by atoms with van der Waals surface area (Å²) in [4.78, 5) is 15.4. The second kappa shape index (κ2) is 6.11. The number of halogens is 1. The second-order valence-electron chi connectivity index (χ2n) is 4.23. The van der Waals surface area contributed by atoms with E-state index in [-0.39, 0.29) is 10.6 Å². The van der Waals surface area contributed by atoms with Gasteiger partial charge in [0.05, 0.1) is 16.8 Å². The first-order valence-electron chi connectivity index (χ1n) is 5.86. The first-order chi connectivity index (χ1) is 9.88. The second-order valence-corrected chi connectivity index (χ2v) is 6.62. The van der Waals surface area contributed by atoms with Crippen LogP contribution in [-0.2, 0) is 14.6 Å². The summed E-state index contributed by atoms with van der Waals surface area (Å²) >= 11 is 5.72. The fourth-order valence-corrected chi connectivity index (χ4v) is 3.04. The Morgan fingerprint density at radius 2 is 1.90 bits per heavy atom. The Balaban J connectivity index is 2.12. The predicted molar refractivity (Wildman–Crippen MR) is 80.8 cm³/mol. The monoisotopic (exact) mass is 325 g/mol. The third kappa shape index (κ3) is 3.93. The van der Waals surface area contributed by atoms with Gasteiger partial charge in [0.2, 0.25) is 5.91 Å². The van der Waals surface area contributed by atoms with E-state index in [4.69, 9.17) is 17.3 Å². The molecule has 110 valence electrons. The zero-order valence-electron chi connectivity index (χ0n) is 10.8. The van der Waals surface area contributed by atoms with Crippen LogP contribution in [0.1, 0.15) is 0 Å². The van der Waals surface area contributed by atoms with Crippen molar-refractivity contribution in [3.05, 3.63) is 47.7 Å². The van der Waals surface area contributed by atoms with Crippen molar-refractivity contribution in [2.24, 2.45) is 0 Å². The summed E-state index contributed by atoms with van der Waals surface area (Å²) in [6.45, 7) is 0. The fourth-order valence-electron chi connectivity index (χ4n) is 1.66. The number of aromatic nitrogens is 1. The van der Waals surface area contributed by atoms with Gasteiger partial charge in [-0.25, -0.2) is 8.42 Å². The lowest BCUT2D eigenvalue weighted by Crippen LogP contribution is -2.23. The predicted octanol–water partition coefficient (Wildman–Crippen LogP) is 1.73. The van der Waals surface area contributed by atoms with E-state index in [1.54, 1.807) is 24.3 Å². The molecule has 6 nitrogen and oxygen atoms in total. The van der Waals surface area contributed by atoms with Gasteiger partial charge in [-0.1, -0.05) is 11.6 Å². The number of carbonyl (C=O) groups is 1. The number of sulfone groups is 1. The van der Waals surface area contributed by atoms with E-state index in [2.05, 4.69) is 10.3 Å². The third-order valence-electron chi connectivity index (χ3n) is 2.59. The summed E-state index contributed by atoms with van der Waals surface area (Å²) < 4.78 is 24.2. The SMILES string of the molecule is Nc1cnccc1S(=O)(=O)CC(=O)Nc1ccc(Cl)cc1. The number of nitrogens with two attached hydrogens (primary N) is 1. The summed E-state index contributed by atoms with van der Waals surface area (Å²) in [6.07, 6.45) is 2.53. The normalized spacial score (nSPS) is 11.1. The Hall–Kier alpha value is -2.12. The number of anilines is 2. The van der Waals surface area contributed by atoms with Gasteiger partial charge in [0.15, 0.2) is 9.84 Å². The standard InChI is InChI=1S/C13H12ClN3O3S/c14-9-1-3-10(4-2-9)17-13(18)8-21(19,20)12-5-6-16-7-11(12)15/h1-7H,8,15H2,(H,17,18). The minimum Gasteiger partial charge on any atom is -0.396 e. The van der Waals surface area contributed by atoms with Crippen LogP contribution in [0, 0.1) is 0 Å². The summed E-state index contributed by atoms with van der Waals surface area (Å²) in [5.74, 6) is -1.36. The highest BCUT2D eigenvalue weighted by molar-refractivity contribution is 7.92. The van der Waals surface area contributed by atoms with Gasteiger partial charge < -0.3 is 11.1 Å². The summed E-state index contributed by atoms with van der Waals surface area (Å²) in [7, 11) is -3.82. The van der Waals surface area contributed by atoms with E-state index in [0.29, 0.717) is 10.7 Å². The first kappa shape index (κ1) is 15.3. The van der Waals surface area contributed by atoms with Crippen molar-refractivity contribution in [2.75, 3.05) is 16.8 Å². The zero-order chi connectivity index (χ0) is 15.5. The van der Waals surface area contributed by atoms with E-state index in [0.717, 1.165) is 0 Å². The molecular weight excluding hydrogens is 314 g/mol. The van der Waals surface area contributed by atoms with E-state index in [1.165, 1.54) is 18.5 Å². The van der Waals surface area contributed by atoms with Crippen molar-refractivity contribution in [3.63, 3.8) is 0 Å². The third-order valence-corrected chi connectivity index (χ3v) is 4.53. The number of nitrogen functional groups attached to an aromatic ring is 1. The van der Waals surface area contributed by atoms with Crippen molar-refractivity contribution in [1.82, 2.24) is 4.98 Å². The van der Waals surface area contributed by atoms with Crippen molar-refractivity contribution in [1.29, 1.82) is 0 Å². The van der Waals surface area contributed by atoms with Gasteiger partial charge in [-0.15, -0.1) is 0 Å². The molecule has 0 aliphatic carbocycles. The Morgan fingerprint density at radius 1 is 1.24 bits per heavy atom. The molecule has 0 bridgehead atoms. The van der Waals surface area contributed by atoms with Crippen LogP contribution in [0.4, 0.5) is 11.4 Å². The number of carbonyl (C=O) groups excluding carboxylic acids is 1. The van der Waals surface area contributed by atoms with Crippen LogP contribution in [0.5, 0.6) is 0 Å². The Morgan fingerprint density at radius 3 is 2.52 bits per heavy atom. The lowest BCUT2D eigenvalue weighted by Gasteiger charge is -2.08. The van der Waals surface area contributed by atoms with Crippen LogP contribution in [0.2, 0.25) is 5.02 Å². The van der Waals surface area contributed by atoms with Gasteiger partial charge >= 0.3 is 0 Å². The van der Waals surface area contributed by atoms with E-state index >= 15 is 0 Å². The summed E-state index contributed by atoms with van der Waals surface area (Å²) in [5, 5.41) is 3.00. The molecule has 0 unspecified atom stereocenters. The summed E-state index contributed by atoms with van der Waals surface area (Å²) in [5.41, 5.74) is 6.03. The molecule has 0 aliphatic rings. The van der Waals surface area contributed by atoms with Gasteiger partial charge in [-0.3, -0.25) is 9.78 Å². The highest BCUT2D eigenvalue weighted by Gasteiger charge is 2.21. The molecule has 21 heavy (non-hydrogen) atoms. The van der Waals surface area contributed by atoms with Gasteiger partial charge in [0, 0.05) is 16.9 Å². The number of nitrogens with zero attached hydrogens (tertiary/aromatic N) is 1. The average molecular weight is 326 g/mol. The van der Waals surface area contributed by atoms with Gasteiger partial charge in [-0.2, -0.15) is 0 Å². The molecule has 0 spiro atoms. The Bertz CT molecular complexity index is 760. The van der Waals surface area contributed by atoms with Crippen LogP contribution in [0.25, 0.3) is 0 Å². The minimum atomic E-state index is -3.82. The molecule has 0 saturated heterocycles. The number of rotatable bonds is 4. The smallest absolute Gasteiger partial charge is 0.239 e. The molecule has 3 N–H and O–H groups in total. The highest BCUT2D eigenvalue weighted by atomic mass is 35.5. The van der Waals surface area contributed by atoms with Gasteiger partial charge in [-0.05, 0) is 30.3 Å². The van der Waals surface area contributed by atoms with Crippen molar-refractivity contribution in [3.8, 4) is 0 Å². The highest BCUT2D eigenvalue weighted by Crippen LogP contribution is 2.18. The van der Waals surface area contributed by atoms with Crippen molar-refractivity contribution in [2.45, 2.75) is 4.90 Å². The molecule has 2 rings (SSSR count). The molecular formula is C13H12ClN3O3S. The maximum atomic E-state index is 12.1. The Labute approximate surface area is 126 Å².